The number of ether oxygens (including phenoxy) is 1. The minimum absolute atomic E-state index is 0.462. The maximum absolute atomic E-state index is 11.2. The van der Waals surface area contributed by atoms with Gasteiger partial charge in [-0.15, -0.1) is 0 Å². The molecule has 0 radical (unpaired) electrons. The molecule has 0 saturated carbocycles. The number of hydrogen-bond donors (Lipinski definition) is 2. The number of carboxylic acids is 1. The van der Waals surface area contributed by atoms with Gasteiger partial charge in [0.25, 0.3) is 0 Å². The second kappa shape index (κ2) is 8.65. The van der Waals surface area contributed by atoms with Crippen LogP contribution in [0.1, 0.15) is 31.7 Å². The number of rotatable bonds is 8. The highest BCUT2D eigenvalue weighted by molar-refractivity contribution is 5.73. The lowest BCUT2D eigenvalue weighted by Gasteiger charge is -2.26. The summed E-state index contributed by atoms with van der Waals surface area (Å²) in [6.45, 7) is 5.52. The summed E-state index contributed by atoms with van der Waals surface area (Å²) in [6, 6.07) is -0.515. The molecule has 1 unspecified atom stereocenters. The summed E-state index contributed by atoms with van der Waals surface area (Å²) >= 11 is 0. The third kappa shape index (κ3) is 4.92. The number of aromatic nitrogens is 2. The van der Waals surface area contributed by atoms with Gasteiger partial charge in [0.15, 0.2) is 0 Å². The van der Waals surface area contributed by atoms with E-state index in [1.54, 1.807) is 12.4 Å². The molecule has 2 heterocycles. The Morgan fingerprint density at radius 3 is 2.68 bits per heavy atom. The summed E-state index contributed by atoms with van der Waals surface area (Å²) in [5.41, 5.74) is 0.889. The van der Waals surface area contributed by atoms with Crippen LogP contribution in [-0.4, -0.2) is 53.4 Å². The van der Waals surface area contributed by atoms with Crippen LogP contribution in [0.2, 0.25) is 0 Å². The standard InChI is InChI=1S/C15H24N4O3/c1-2-3-4-13(14(20)21)16-9-12-10-17-15(18-11-12)19-5-7-22-8-6-19/h10-11,13,16H,2-9H2,1H3,(H,20,21). The zero-order valence-electron chi connectivity index (χ0n) is 13.0. The van der Waals surface area contributed by atoms with Crippen LogP contribution in [0.25, 0.3) is 0 Å². The number of nitrogens with one attached hydrogen (secondary N) is 1. The van der Waals surface area contributed by atoms with Gasteiger partial charge in [0.05, 0.1) is 13.2 Å². The molecule has 1 fully saturated rings. The molecule has 22 heavy (non-hydrogen) atoms. The van der Waals surface area contributed by atoms with Crippen molar-refractivity contribution in [3.8, 4) is 0 Å². The number of carbonyl (C=O) groups is 1. The first-order chi connectivity index (χ1) is 10.7. The van der Waals surface area contributed by atoms with Crippen molar-refractivity contribution in [1.29, 1.82) is 0 Å². The Hall–Kier alpha value is -1.73. The normalized spacial score (nSPS) is 16.5. The molecule has 0 aliphatic carbocycles. The molecule has 0 aromatic carbocycles. The monoisotopic (exact) mass is 308 g/mol. The van der Waals surface area contributed by atoms with Gasteiger partial charge < -0.3 is 20.1 Å². The maximum Gasteiger partial charge on any atom is 0.320 e. The first-order valence-corrected chi connectivity index (χ1v) is 7.80. The number of nitrogens with zero attached hydrogens (tertiary/aromatic N) is 3. The van der Waals surface area contributed by atoms with E-state index in [4.69, 9.17) is 4.74 Å². The molecule has 7 nitrogen and oxygen atoms in total. The van der Waals surface area contributed by atoms with Crippen molar-refractivity contribution in [2.24, 2.45) is 0 Å². The Bertz CT molecular complexity index is 460. The zero-order chi connectivity index (χ0) is 15.8. The van der Waals surface area contributed by atoms with Gasteiger partial charge in [-0.3, -0.25) is 4.79 Å². The molecular weight excluding hydrogens is 284 g/mol. The summed E-state index contributed by atoms with van der Waals surface area (Å²) < 4.78 is 5.30. The summed E-state index contributed by atoms with van der Waals surface area (Å²) in [5.74, 6) is -0.105. The fourth-order valence-electron chi connectivity index (χ4n) is 2.33. The van der Waals surface area contributed by atoms with Gasteiger partial charge in [-0.05, 0) is 6.42 Å². The number of morpholine rings is 1. The Labute approximate surface area is 130 Å². The Balaban J connectivity index is 1.86. The third-order valence-electron chi connectivity index (χ3n) is 3.68. The summed E-state index contributed by atoms with van der Waals surface area (Å²) in [5, 5.41) is 12.2. The lowest BCUT2D eigenvalue weighted by Crippen LogP contribution is -2.37. The van der Waals surface area contributed by atoms with Crippen LogP contribution in [0.4, 0.5) is 5.95 Å². The minimum atomic E-state index is -0.806. The second-order valence-electron chi connectivity index (χ2n) is 5.40. The van der Waals surface area contributed by atoms with E-state index in [1.165, 1.54) is 0 Å². The average molecular weight is 308 g/mol. The van der Waals surface area contributed by atoms with Crippen LogP contribution in [0.3, 0.4) is 0 Å². The van der Waals surface area contributed by atoms with E-state index < -0.39 is 12.0 Å². The van der Waals surface area contributed by atoms with E-state index in [2.05, 4.69) is 27.1 Å². The number of carboxylic acid groups (broad SMARTS) is 1. The van der Waals surface area contributed by atoms with Gasteiger partial charge >= 0.3 is 5.97 Å². The summed E-state index contributed by atoms with van der Waals surface area (Å²) in [6.07, 6.45) is 6.03. The van der Waals surface area contributed by atoms with E-state index in [0.29, 0.717) is 32.1 Å². The number of hydrogen-bond acceptors (Lipinski definition) is 6. The first kappa shape index (κ1) is 16.6. The molecule has 122 valence electrons. The van der Waals surface area contributed by atoms with Crippen LogP contribution in [0.5, 0.6) is 0 Å². The van der Waals surface area contributed by atoms with Gasteiger partial charge in [0.2, 0.25) is 5.95 Å². The highest BCUT2D eigenvalue weighted by Gasteiger charge is 2.16. The van der Waals surface area contributed by atoms with Crippen molar-refractivity contribution >= 4 is 11.9 Å². The maximum atomic E-state index is 11.2. The fourth-order valence-corrected chi connectivity index (χ4v) is 2.33. The molecular formula is C15H24N4O3. The SMILES string of the molecule is CCCCC(NCc1cnc(N2CCOCC2)nc1)C(=O)O. The van der Waals surface area contributed by atoms with Gasteiger partial charge in [0.1, 0.15) is 6.04 Å². The van der Waals surface area contributed by atoms with Gasteiger partial charge in [-0.25, -0.2) is 9.97 Å². The zero-order valence-corrected chi connectivity index (χ0v) is 13.0. The molecule has 0 spiro atoms. The topological polar surface area (TPSA) is 87.6 Å². The smallest absolute Gasteiger partial charge is 0.320 e. The van der Waals surface area contributed by atoms with E-state index >= 15 is 0 Å². The number of anilines is 1. The van der Waals surface area contributed by atoms with Gasteiger partial charge in [-0.2, -0.15) is 0 Å². The van der Waals surface area contributed by atoms with Crippen LogP contribution in [0, 0.1) is 0 Å². The van der Waals surface area contributed by atoms with Crippen molar-refractivity contribution in [3.63, 3.8) is 0 Å². The first-order valence-electron chi connectivity index (χ1n) is 7.80. The van der Waals surface area contributed by atoms with Crippen molar-refractivity contribution in [2.45, 2.75) is 38.8 Å². The summed E-state index contributed by atoms with van der Waals surface area (Å²) in [4.78, 5) is 22.0. The van der Waals surface area contributed by atoms with Crippen LogP contribution < -0.4 is 10.2 Å². The Kier molecular flexibility index (Phi) is 6.54. The van der Waals surface area contributed by atoms with Crippen molar-refractivity contribution in [1.82, 2.24) is 15.3 Å². The highest BCUT2D eigenvalue weighted by Crippen LogP contribution is 2.10. The largest absolute Gasteiger partial charge is 0.480 e. The molecule has 0 bridgehead atoms. The molecule has 1 saturated heterocycles. The van der Waals surface area contributed by atoms with E-state index in [1.807, 2.05) is 0 Å². The van der Waals surface area contributed by atoms with E-state index in [0.717, 1.165) is 31.5 Å². The lowest BCUT2D eigenvalue weighted by molar-refractivity contribution is -0.139. The van der Waals surface area contributed by atoms with Crippen LogP contribution in [0.15, 0.2) is 12.4 Å². The van der Waals surface area contributed by atoms with Gasteiger partial charge in [0, 0.05) is 37.6 Å². The number of aliphatic carboxylic acids is 1. The Morgan fingerprint density at radius 1 is 1.41 bits per heavy atom. The molecule has 2 rings (SSSR count). The molecule has 1 aromatic rings. The Morgan fingerprint density at radius 2 is 2.09 bits per heavy atom. The highest BCUT2D eigenvalue weighted by atomic mass is 16.5. The molecule has 1 atom stereocenters. The molecule has 0 amide bonds. The van der Waals surface area contributed by atoms with Crippen molar-refractivity contribution in [2.75, 3.05) is 31.2 Å². The third-order valence-corrected chi connectivity index (χ3v) is 3.68. The molecule has 2 N–H and O–H groups in total. The van der Waals surface area contributed by atoms with Crippen LogP contribution in [-0.2, 0) is 16.1 Å². The van der Waals surface area contributed by atoms with E-state index in [9.17, 15) is 9.90 Å². The molecule has 1 aliphatic heterocycles. The lowest BCUT2D eigenvalue weighted by atomic mass is 10.1. The molecule has 1 aromatic heterocycles. The van der Waals surface area contributed by atoms with Crippen molar-refractivity contribution in [3.05, 3.63) is 18.0 Å². The van der Waals surface area contributed by atoms with Gasteiger partial charge in [-0.1, -0.05) is 19.8 Å². The quantitative estimate of drug-likeness (QED) is 0.742. The van der Waals surface area contributed by atoms with Crippen molar-refractivity contribution < 1.29 is 14.6 Å². The number of unbranched alkanes of at least 4 members (excludes halogenated alkanes) is 1. The predicted molar refractivity (Wildman–Crippen MR) is 82.9 cm³/mol. The summed E-state index contributed by atoms with van der Waals surface area (Å²) in [7, 11) is 0. The van der Waals surface area contributed by atoms with E-state index in [-0.39, 0.29) is 0 Å². The fraction of sp³-hybridized carbons (Fsp3) is 0.667. The minimum Gasteiger partial charge on any atom is -0.480 e. The van der Waals surface area contributed by atoms with Crippen LogP contribution >= 0.6 is 0 Å². The average Bonchev–Trinajstić information content (AvgIpc) is 2.56. The molecule has 7 heteroatoms. The predicted octanol–water partition coefficient (Wildman–Crippen LogP) is 1.05. The second-order valence-corrected chi connectivity index (χ2v) is 5.40. The molecule has 1 aliphatic rings.